The molecule has 1 aromatic rings. The largest absolute Gasteiger partial charge is 0.349 e. The molecule has 0 spiro atoms. The number of hydrogen-bond donors (Lipinski definition) is 1. The molecule has 1 atom stereocenters. The van der Waals surface area contributed by atoms with Gasteiger partial charge in [0.1, 0.15) is 0 Å². The first-order chi connectivity index (χ1) is 8.08. The standard InChI is InChI=1S/C13H19NO2S/c1-4-11(5-2)14-13(15)10-6-8-12(9-7-10)17(3)16/h6-9,11H,4-5H2,1-3H3,(H,14,15). The van der Waals surface area contributed by atoms with Gasteiger partial charge in [0.15, 0.2) is 0 Å². The lowest BCUT2D eigenvalue weighted by Gasteiger charge is -2.14. The fourth-order valence-corrected chi connectivity index (χ4v) is 2.08. The Kier molecular flexibility index (Phi) is 5.35. The quantitative estimate of drug-likeness (QED) is 0.875. The molecule has 1 rings (SSSR count). The number of carbonyl (C=O) groups excluding carboxylic acids is 1. The number of amides is 1. The molecule has 0 aliphatic carbocycles. The molecule has 0 fully saturated rings. The van der Waals surface area contributed by atoms with E-state index in [1.54, 1.807) is 30.5 Å². The Morgan fingerprint density at radius 1 is 1.24 bits per heavy atom. The van der Waals surface area contributed by atoms with Crippen molar-refractivity contribution in [3.8, 4) is 0 Å². The lowest BCUT2D eigenvalue weighted by molar-refractivity contribution is 0.0935. The molecule has 0 aliphatic heterocycles. The maximum Gasteiger partial charge on any atom is 0.251 e. The number of nitrogens with one attached hydrogen (secondary N) is 1. The highest BCUT2D eigenvalue weighted by molar-refractivity contribution is 7.84. The third-order valence-electron chi connectivity index (χ3n) is 2.77. The van der Waals surface area contributed by atoms with Gasteiger partial charge in [0.25, 0.3) is 5.91 Å². The topological polar surface area (TPSA) is 46.2 Å². The van der Waals surface area contributed by atoms with Gasteiger partial charge in [-0.3, -0.25) is 9.00 Å². The first-order valence-corrected chi connectivity index (χ1v) is 7.38. The van der Waals surface area contributed by atoms with Gasteiger partial charge in [0.05, 0.1) is 0 Å². The van der Waals surface area contributed by atoms with Gasteiger partial charge in [-0.2, -0.15) is 0 Å². The Morgan fingerprint density at radius 3 is 2.18 bits per heavy atom. The average Bonchev–Trinajstić information content (AvgIpc) is 2.35. The molecule has 1 unspecified atom stereocenters. The van der Waals surface area contributed by atoms with E-state index in [9.17, 15) is 9.00 Å². The SMILES string of the molecule is CCC(CC)NC(=O)c1ccc(S(C)=O)cc1. The minimum Gasteiger partial charge on any atom is -0.349 e. The molecular formula is C13H19NO2S. The van der Waals surface area contributed by atoms with Gasteiger partial charge >= 0.3 is 0 Å². The van der Waals surface area contributed by atoms with Crippen LogP contribution in [0.25, 0.3) is 0 Å². The van der Waals surface area contributed by atoms with Crippen molar-refractivity contribution >= 4 is 16.7 Å². The molecular weight excluding hydrogens is 234 g/mol. The van der Waals surface area contributed by atoms with Crippen molar-refractivity contribution < 1.29 is 9.00 Å². The van der Waals surface area contributed by atoms with Crippen LogP contribution in [0.1, 0.15) is 37.0 Å². The third kappa shape index (κ3) is 3.97. The van der Waals surface area contributed by atoms with Crippen molar-refractivity contribution in [3.63, 3.8) is 0 Å². The second kappa shape index (κ2) is 6.55. The average molecular weight is 253 g/mol. The first kappa shape index (κ1) is 13.9. The van der Waals surface area contributed by atoms with E-state index >= 15 is 0 Å². The molecule has 1 N–H and O–H groups in total. The van der Waals surface area contributed by atoms with Gasteiger partial charge in [-0.15, -0.1) is 0 Å². The minimum atomic E-state index is -0.996. The molecule has 0 aromatic heterocycles. The Hall–Kier alpha value is -1.16. The van der Waals surface area contributed by atoms with Gasteiger partial charge in [0.2, 0.25) is 0 Å². The Bertz CT molecular complexity index is 396. The summed E-state index contributed by atoms with van der Waals surface area (Å²) in [5.74, 6) is -0.0628. The van der Waals surface area contributed by atoms with E-state index in [4.69, 9.17) is 0 Å². The lowest BCUT2D eigenvalue weighted by Crippen LogP contribution is -2.33. The van der Waals surface area contributed by atoms with Crippen molar-refractivity contribution in [1.82, 2.24) is 5.32 Å². The number of rotatable bonds is 5. The summed E-state index contributed by atoms with van der Waals surface area (Å²) >= 11 is 0. The summed E-state index contributed by atoms with van der Waals surface area (Å²) in [5, 5.41) is 2.97. The first-order valence-electron chi connectivity index (χ1n) is 5.82. The molecule has 94 valence electrons. The van der Waals surface area contributed by atoms with Gasteiger partial charge in [-0.25, -0.2) is 0 Å². The Labute approximate surface area is 105 Å². The van der Waals surface area contributed by atoms with E-state index in [1.807, 2.05) is 0 Å². The van der Waals surface area contributed by atoms with Gasteiger partial charge < -0.3 is 5.32 Å². The second-order valence-electron chi connectivity index (χ2n) is 3.97. The summed E-state index contributed by atoms with van der Waals surface area (Å²) in [5.41, 5.74) is 0.617. The smallest absolute Gasteiger partial charge is 0.251 e. The predicted octanol–water partition coefficient (Wildman–Crippen LogP) is 2.34. The van der Waals surface area contributed by atoms with Crippen molar-refractivity contribution in [2.45, 2.75) is 37.6 Å². The highest BCUT2D eigenvalue weighted by atomic mass is 32.2. The normalized spacial score (nSPS) is 12.5. The summed E-state index contributed by atoms with van der Waals surface area (Å²) in [6.45, 7) is 4.11. The van der Waals surface area contributed by atoms with Crippen LogP contribution in [-0.2, 0) is 10.8 Å². The molecule has 0 saturated heterocycles. The lowest BCUT2D eigenvalue weighted by atomic mass is 10.1. The fraction of sp³-hybridized carbons (Fsp3) is 0.462. The van der Waals surface area contributed by atoms with Crippen LogP contribution in [0.2, 0.25) is 0 Å². The zero-order chi connectivity index (χ0) is 12.8. The molecule has 1 aromatic carbocycles. The number of carbonyl (C=O) groups is 1. The van der Waals surface area contributed by atoms with E-state index in [0.29, 0.717) is 5.56 Å². The van der Waals surface area contributed by atoms with E-state index in [0.717, 1.165) is 17.7 Å². The molecule has 0 radical (unpaired) electrons. The summed E-state index contributed by atoms with van der Waals surface area (Å²) in [4.78, 5) is 12.6. The van der Waals surface area contributed by atoms with Crippen LogP contribution in [0.15, 0.2) is 29.2 Å². The second-order valence-corrected chi connectivity index (χ2v) is 5.35. The summed E-state index contributed by atoms with van der Waals surface area (Å²) in [7, 11) is -0.996. The zero-order valence-electron chi connectivity index (χ0n) is 10.5. The zero-order valence-corrected chi connectivity index (χ0v) is 11.3. The van der Waals surface area contributed by atoms with E-state index < -0.39 is 10.8 Å². The molecule has 0 bridgehead atoms. The van der Waals surface area contributed by atoms with Gasteiger partial charge in [-0.1, -0.05) is 13.8 Å². The highest BCUT2D eigenvalue weighted by Crippen LogP contribution is 2.08. The van der Waals surface area contributed by atoms with Crippen LogP contribution < -0.4 is 5.32 Å². The van der Waals surface area contributed by atoms with Crippen molar-refractivity contribution in [1.29, 1.82) is 0 Å². The van der Waals surface area contributed by atoms with Gasteiger partial charge in [0, 0.05) is 33.6 Å². The monoisotopic (exact) mass is 253 g/mol. The molecule has 4 heteroatoms. The molecule has 0 saturated carbocycles. The fourth-order valence-electron chi connectivity index (χ4n) is 1.56. The molecule has 1 amide bonds. The van der Waals surface area contributed by atoms with E-state index in [1.165, 1.54) is 0 Å². The molecule has 0 heterocycles. The molecule has 0 aliphatic rings. The van der Waals surface area contributed by atoms with E-state index in [2.05, 4.69) is 19.2 Å². The number of benzene rings is 1. The molecule has 17 heavy (non-hydrogen) atoms. The summed E-state index contributed by atoms with van der Waals surface area (Å²) in [6, 6.07) is 7.13. The van der Waals surface area contributed by atoms with Crippen LogP contribution in [-0.4, -0.2) is 22.4 Å². The van der Waals surface area contributed by atoms with Crippen molar-refractivity contribution in [2.24, 2.45) is 0 Å². The van der Waals surface area contributed by atoms with Crippen LogP contribution in [0.5, 0.6) is 0 Å². The van der Waals surface area contributed by atoms with Crippen LogP contribution in [0.3, 0.4) is 0 Å². The van der Waals surface area contributed by atoms with Crippen LogP contribution in [0.4, 0.5) is 0 Å². The van der Waals surface area contributed by atoms with Crippen molar-refractivity contribution in [2.75, 3.05) is 6.26 Å². The van der Waals surface area contributed by atoms with Gasteiger partial charge in [-0.05, 0) is 37.1 Å². The Morgan fingerprint density at radius 2 is 1.76 bits per heavy atom. The maximum atomic E-state index is 11.9. The summed E-state index contributed by atoms with van der Waals surface area (Å²) < 4.78 is 11.2. The van der Waals surface area contributed by atoms with E-state index in [-0.39, 0.29) is 11.9 Å². The minimum absolute atomic E-state index is 0.0628. The predicted molar refractivity (Wildman–Crippen MR) is 70.6 cm³/mol. The highest BCUT2D eigenvalue weighted by Gasteiger charge is 2.10. The van der Waals surface area contributed by atoms with Crippen molar-refractivity contribution in [3.05, 3.63) is 29.8 Å². The Balaban J connectivity index is 2.73. The van der Waals surface area contributed by atoms with Crippen LogP contribution in [0, 0.1) is 0 Å². The summed E-state index contributed by atoms with van der Waals surface area (Å²) in [6.07, 6.45) is 3.48. The molecule has 3 nitrogen and oxygen atoms in total. The number of hydrogen-bond acceptors (Lipinski definition) is 2. The maximum absolute atomic E-state index is 11.9. The van der Waals surface area contributed by atoms with Crippen LogP contribution >= 0.6 is 0 Å². The third-order valence-corrected chi connectivity index (χ3v) is 3.71.